The summed E-state index contributed by atoms with van der Waals surface area (Å²) < 4.78 is 52.9. The van der Waals surface area contributed by atoms with Crippen molar-refractivity contribution < 1.29 is 27.4 Å². The van der Waals surface area contributed by atoms with Gasteiger partial charge >= 0.3 is 6.18 Å². The summed E-state index contributed by atoms with van der Waals surface area (Å²) in [6.07, 6.45) is -5.52. The standard InChI is InChI=1S/C10H10F4O2/c1-6(15)8-3-2-7(11)4-9(8)16-5-10(12,13)14/h2-4,6,15H,5H2,1H3/t6-/m1/s1. The molecule has 1 rings (SSSR count). The van der Waals surface area contributed by atoms with Crippen molar-refractivity contribution in [3.05, 3.63) is 29.6 Å². The summed E-state index contributed by atoms with van der Waals surface area (Å²) in [6, 6.07) is 3.04. The fourth-order valence-corrected chi connectivity index (χ4v) is 1.14. The summed E-state index contributed by atoms with van der Waals surface area (Å²) in [4.78, 5) is 0. The molecule has 0 saturated carbocycles. The highest BCUT2D eigenvalue weighted by atomic mass is 19.4. The normalized spacial score (nSPS) is 13.6. The molecule has 6 heteroatoms. The maximum atomic E-state index is 12.8. The van der Waals surface area contributed by atoms with E-state index in [1.165, 1.54) is 13.0 Å². The van der Waals surface area contributed by atoms with Crippen LogP contribution >= 0.6 is 0 Å². The van der Waals surface area contributed by atoms with Crippen molar-refractivity contribution >= 4 is 0 Å². The van der Waals surface area contributed by atoms with Gasteiger partial charge in [-0.25, -0.2) is 4.39 Å². The fraction of sp³-hybridized carbons (Fsp3) is 0.400. The first-order chi connectivity index (χ1) is 7.29. The molecule has 1 aromatic carbocycles. The van der Waals surface area contributed by atoms with Gasteiger partial charge in [-0.15, -0.1) is 0 Å². The van der Waals surface area contributed by atoms with E-state index in [0.717, 1.165) is 12.1 Å². The summed E-state index contributed by atoms with van der Waals surface area (Å²) in [7, 11) is 0. The van der Waals surface area contributed by atoms with Crippen molar-refractivity contribution in [2.45, 2.75) is 19.2 Å². The molecule has 1 N–H and O–H groups in total. The van der Waals surface area contributed by atoms with Crippen LogP contribution in [0.3, 0.4) is 0 Å². The highest BCUT2D eigenvalue weighted by Crippen LogP contribution is 2.27. The van der Waals surface area contributed by atoms with E-state index < -0.39 is 24.7 Å². The lowest BCUT2D eigenvalue weighted by molar-refractivity contribution is -0.153. The van der Waals surface area contributed by atoms with Crippen molar-refractivity contribution in [2.75, 3.05) is 6.61 Å². The van der Waals surface area contributed by atoms with Gasteiger partial charge in [-0.2, -0.15) is 13.2 Å². The largest absolute Gasteiger partial charge is 0.484 e. The van der Waals surface area contributed by atoms with Crippen LogP contribution in [0.25, 0.3) is 0 Å². The first-order valence-corrected chi connectivity index (χ1v) is 4.46. The van der Waals surface area contributed by atoms with E-state index in [9.17, 15) is 22.7 Å². The molecular weight excluding hydrogens is 228 g/mol. The summed E-state index contributed by atoms with van der Waals surface area (Å²) in [6.45, 7) is -0.163. The molecular formula is C10H10F4O2. The van der Waals surface area contributed by atoms with Crippen LogP contribution in [0.4, 0.5) is 17.6 Å². The number of hydrogen-bond donors (Lipinski definition) is 1. The predicted molar refractivity (Wildman–Crippen MR) is 48.6 cm³/mol. The number of benzene rings is 1. The van der Waals surface area contributed by atoms with Gasteiger partial charge in [0, 0.05) is 11.6 Å². The van der Waals surface area contributed by atoms with Gasteiger partial charge < -0.3 is 9.84 Å². The zero-order valence-corrected chi connectivity index (χ0v) is 8.38. The number of ether oxygens (including phenoxy) is 1. The Morgan fingerprint density at radius 2 is 2.00 bits per heavy atom. The maximum absolute atomic E-state index is 12.8. The number of alkyl halides is 3. The smallest absolute Gasteiger partial charge is 0.422 e. The first kappa shape index (κ1) is 12.8. The Hall–Kier alpha value is -1.30. The number of halogens is 4. The number of aliphatic hydroxyl groups is 1. The molecule has 0 fully saturated rings. The molecule has 1 aromatic rings. The van der Waals surface area contributed by atoms with Crippen LogP contribution in [0.5, 0.6) is 5.75 Å². The molecule has 0 aliphatic carbocycles. The Balaban J connectivity index is 2.88. The molecule has 90 valence electrons. The first-order valence-electron chi connectivity index (χ1n) is 4.46. The summed E-state index contributed by atoms with van der Waals surface area (Å²) >= 11 is 0. The Kier molecular flexibility index (Phi) is 3.74. The minimum Gasteiger partial charge on any atom is -0.484 e. The average molecular weight is 238 g/mol. The highest BCUT2D eigenvalue weighted by Gasteiger charge is 2.29. The van der Waals surface area contributed by atoms with Gasteiger partial charge in [0.1, 0.15) is 11.6 Å². The van der Waals surface area contributed by atoms with Crippen LogP contribution in [0, 0.1) is 5.82 Å². The van der Waals surface area contributed by atoms with Crippen LogP contribution in [0.1, 0.15) is 18.6 Å². The van der Waals surface area contributed by atoms with E-state index in [4.69, 9.17) is 0 Å². The van der Waals surface area contributed by atoms with Gasteiger partial charge in [-0.1, -0.05) is 0 Å². The maximum Gasteiger partial charge on any atom is 0.422 e. The van der Waals surface area contributed by atoms with Crippen LogP contribution < -0.4 is 4.74 Å². The molecule has 0 amide bonds. The van der Waals surface area contributed by atoms with Gasteiger partial charge in [-0.05, 0) is 19.1 Å². The molecule has 0 unspecified atom stereocenters. The second-order valence-electron chi connectivity index (χ2n) is 3.26. The lowest BCUT2D eigenvalue weighted by Crippen LogP contribution is -2.20. The van der Waals surface area contributed by atoms with Crippen LogP contribution in [-0.4, -0.2) is 17.9 Å². The highest BCUT2D eigenvalue weighted by molar-refractivity contribution is 5.35. The topological polar surface area (TPSA) is 29.5 Å². The van der Waals surface area contributed by atoms with Crippen LogP contribution in [0.15, 0.2) is 18.2 Å². The van der Waals surface area contributed by atoms with E-state index in [2.05, 4.69) is 4.74 Å². The zero-order chi connectivity index (χ0) is 12.3. The summed E-state index contributed by atoms with van der Waals surface area (Å²) in [5.41, 5.74) is 0.116. The van der Waals surface area contributed by atoms with E-state index >= 15 is 0 Å². The molecule has 0 heterocycles. The predicted octanol–water partition coefficient (Wildman–Crippen LogP) is 2.82. The van der Waals surface area contributed by atoms with Gasteiger partial charge in [0.2, 0.25) is 0 Å². The Morgan fingerprint density at radius 3 is 2.50 bits per heavy atom. The molecule has 0 spiro atoms. The van der Waals surface area contributed by atoms with Crippen molar-refractivity contribution in [1.29, 1.82) is 0 Å². The van der Waals surface area contributed by atoms with Gasteiger partial charge in [-0.3, -0.25) is 0 Å². The minimum atomic E-state index is -4.50. The molecule has 2 nitrogen and oxygen atoms in total. The van der Waals surface area contributed by atoms with Crippen molar-refractivity contribution in [3.63, 3.8) is 0 Å². The van der Waals surface area contributed by atoms with E-state index in [1.807, 2.05) is 0 Å². The van der Waals surface area contributed by atoms with Crippen LogP contribution in [0.2, 0.25) is 0 Å². The third kappa shape index (κ3) is 3.69. The SMILES string of the molecule is C[C@@H](O)c1ccc(F)cc1OCC(F)(F)F. The molecule has 0 aromatic heterocycles. The summed E-state index contributed by atoms with van der Waals surface area (Å²) in [5, 5.41) is 9.24. The number of rotatable bonds is 3. The third-order valence-corrected chi connectivity index (χ3v) is 1.82. The molecule has 0 aliphatic rings. The minimum absolute atomic E-state index is 0.116. The molecule has 1 atom stereocenters. The quantitative estimate of drug-likeness (QED) is 0.820. The number of aliphatic hydroxyl groups excluding tert-OH is 1. The molecule has 0 saturated heterocycles. The van der Waals surface area contributed by atoms with E-state index in [-0.39, 0.29) is 11.3 Å². The van der Waals surface area contributed by atoms with Gasteiger partial charge in [0.05, 0.1) is 6.10 Å². The van der Waals surface area contributed by atoms with Crippen molar-refractivity contribution in [3.8, 4) is 5.75 Å². The second kappa shape index (κ2) is 4.69. The second-order valence-corrected chi connectivity index (χ2v) is 3.26. The van der Waals surface area contributed by atoms with Crippen molar-refractivity contribution in [1.82, 2.24) is 0 Å². The van der Waals surface area contributed by atoms with E-state index in [1.54, 1.807) is 0 Å². The Bertz CT molecular complexity index is 360. The van der Waals surface area contributed by atoms with Crippen LogP contribution in [-0.2, 0) is 0 Å². The van der Waals surface area contributed by atoms with Gasteiger partial charge in [0.25, 0.3) is 0 Å². The average Bonchev–Trinajstić information content (AvgIpc) is 2.13. The number of hydrogen-bond acceptors (Lipinski definition) is 2. The van der Waals surface area contributed by atoms with E-state index in [0.29, 0.717) is 0 Å². The fourth-order valence-electron chi connectivity index (χ4n) is 1.14. The molecule has 0 aliphatic heterocycles. The lowest BCUT2D eigenvalue weighted by Gasteiger charge is -2.14. The zero-order valence-electron chi connectivity index (χ0n) is 8.38. The van der Waals surface area contributed by atoms with Crippen molar-refractivity contribution in [2.24, 2.45) is 0 Å². The molecule has 0 bridgehead atoms. The third-order valence-electron chi connectivity index (χ3n) is 1.82. The molecule has 0 radical (unpaired) electrons. The Labute approximate surface area is 89.5 Å². The molecule has 16 heavy (non-hydrogen) atoms. The van der Waals surface area contributed by atoms with Gasteiger partial charge in [0.15, 0.2) is 6.61 Å². The monoisotopic (exact) mass is 238 g/mol. The lowest BCUT2D eigenvalue weighted by atomic mass is 10.1. The Morgan fingerprint density at radius 1 is 1.38 bits per heavy atom. The summed E-state index contributed by atoms with van der Waals surface area (Å²) in [5.74, 6) is -1.02.